The van der Waals surface area contributed by atoms with Crippen LogP contribution in [0.1, 0.15) is 58.4 Å². The van der Waals surface area contributed by atoms with Gasteiger partial charge < -0.3 is 30.0 Å². The van der Waals surface area contributed by atoms with Gasteiger partial charge in [0.25, 0.3) is 0 Å². The molecule has 0 saturated carbocycles. The molecule has 1 aromatic carbocycles. The molecule has 3 aliphatic heterocycles. The van der Waals surface area contributed by atoms with Crippen LogP contribution >= 0.6 is 0 Å². The van der Waals surface area contributed by atoms with Crippen molar-refractivity contribution in [3.8, 4) is 17.2 Å². The quantitative estimate of drug-likeness (QED) is 0.192. The Morgan fingerprint density at radius 2 is 1.81 bits per heavy atom. The van der Waals surface area contributed by atoms with Crippen LogP contribution in [0.5, 0.6) is 0 Å². The van der Waals surface area contributed by atoms with Gasteiger partial charge >= 0.3 is 5.97 Å². The number of rotatable bonds is 9. The van der Waals surface area contributed by atoms with Crippen molar-refractivity contribution >= 4 is 29.3 Å². The molecule has 2 fully saturated rings. The monoisotopic (exact) mass is 583 g/mol. The zero-order valence-corrected chi connectivity index (χ0v) is 23.9. The molecule has 4 aliphatic rings. The number of carboxylic acids is 1. The molecule has 0 aromatic heterocycles. The predicted molar refractivity (Wildman–Crippen MR) is 157 cm³/mol. The number of anilines is 1. The highest BCUT2D eigenvalue weighted by Gasteiger charge is 2.32. The maximum Gasteiger partial charge on any atom is 0.335 e. The Balaban J connectivity index is 1.51. The van der Waals surface area contributed by atoms with Crippen molar-refractivity contribution in [2.24, 2.45) is 0 Å². The van der Waals surface area contributed by atoms with Crippen LogP contribution in [0.4, 0.5) is 5.69 Å². The molecule has 1 atom stereocenters. The van der Waals surface area contributed by atoms with Gasteiger partial charge in [-0.1, -0.05) is 12.1 Å². The van der Waals surface area contributed by atoms with Crippen molar-refractivity contribution in [2.75, 3.05) is 31.5 Å². The van der Waals surface area contributed by atoms with E-state index in [-0.39, 0.29) is 40.9 Å². The first-order valence-electron chi connectivity index (χ1n) is 14.3. The molecule has 1 aliphatic carbocycles. The van der Waals surface area contributed by atoms with Crippen LogP contribution < -0.4 is 10.6 Å². The van der Waals surface area contributed by atoms with E-state index in [4.69, 9.17) is 4.42 Å². The Hall–Kier alpha value is -5.11. The first kappa shape index (κ1) is 29.4. The molecule has 5 rings (SSSR count). The summed E-state index contributed by atoms with van der Waals surface area (Å²) in [6.45, 7) is 3.66. The standard InChI is InChI=1S/C32H33N5O6/c1-20-15-23-19-43-14-10-24(23)28(20)35-30(25(17-33)29(39)21-7-6-8-22(16-21)32(41)42)34-26-9-2-3-13-37(31(26)40)18-27(38)36-11-4-5-12-36/h6-8,10,14-16,19,26,34-35H,2-5,9,11-13,18H2,1H3,(H,41,42)/t26-/m0/s1. The Bertz CT molecular complexity index is 1600. The van der Waals surface area contributed by atoms with Crippen molar-refractivity contribution in [3.63, 3.8) is 0 Å². The highest BCUT2D eigenvalue weighted by Crippen LogP contribution is 2.37. The van der Waals surface area contributed by atoms with Gasteiger partial charge in [-0.3, -0.25) is 14.4 Å². The van der Waals surface area contributed by atoms with Crippen molar-refractivity contribution < 1.29 is 28.7 Å². The lowest BCUT2D eigenvalue weighted by atomic mass is 10.0. The third kappa shape index (κ3) is 6.38. The zero-order valence-electron chi connectivity index (χ0n) is 23.9. The van der Waals surface area contributed by atoms with Crippen molar-refractivity contribution in [2.45, 2.75) is 45.1 Å². The first-order chi connectivity index (χ1) is 20.8. The van der Waals surface area contributed by atoms with Gasteiger partial charge in [-0.05, 0) is 68.9 Å². The molecule has 3 heterocycles. The minimum absolute atomic E-state index is 0.0189. The van der Waals surface area contributed by atoms with Gasteiger partial charge in [0, 0.05) is 36.3 Å². The molecule has 0 spiro atoms. The number of carbonyl (C=O) groups is 4. The summed E-state index contributed by atoms with van der Waals surface area (Å²) < 4.78 is 5.30. The predicted octanol–water partition coefficient (Wildman–Crippen LogP) is 4.01. The number of nitrogens with zero attached hydrogens (tertiary/aromatic N) is 3. The molecule has 222 valence electrons. The second-order valence-corrected chi connectivity index (χ2v) is 10.9. The lowest BCUT2D eigenvalue weighted by Gasteiger charge is -2.28. The van der Waals surface area contributed by atoms with E-state index in [9.17, 15) is 29.5 Å². The third-order valence-corrected chi connectivity index (χ3v) is 7.95. The second kappa shape index (κ2) is 12.8. The van der Waals surface area contributed by atoms with Crippen molar-refractivity contribution in [1.82, 2.24) is 15.1 Å². The summed E-state index contributed by atoms with van der Waals surface area (Å²) in [7, 11) is 0. The summed E-state index contributed by atoms with van der Waals surface area (Å²) in [6, 6.07) is 10.3. The van der Waals surface area contributed by atoms with Crippen LogP contribution in [0.25, 0.3) is 11.1 Å². The van der Waals surface area contributed by atoms with Gasteiger partial charge in [0.1, 0.15) is 23.5 Å². The summed E-state index contributed by atoms with van der Waals surface area (Å²) >= 11 is 0. The molecule has 3 N–H and O–H groups in total. The minimum atomic E-state index is -1.20. The number of hydrogen-bond acceptors (Lipinski definition) is 8. The molecule has 0 unspecified atom stereocenters. The number of nitrogens with one attached hydrogen (secondary N) is 2. The number of aromatic carboxylic acids is 1. The van der Waals surface area contributed by atoms with E-state index >= 15 is 0 Å². The molecule has 43 heavy (non-hydrogen) atoms. The van der Waals surface area contributed by atoms with E-state index in [1.54, 1.807) is 22.1 Å². The smallest absolute Gasteiger partial charge is 0.335 e. The number of likely N-dealkylation sites (tertiary alicyclic amines) is 2. The molecular weight excluding hydrogens is 550 g/mol. The average Bonchev–Trinajstić information content (AvgIpc) is 3.62. The molecule has 0 bridgehead atoms. The number of ketones is 1. The fraction of sp³-hybridized carbons (Fsp3) is 0.344. The SMILES string of the molecule is Cc1cc2coccc-2c1NC(N[C@H]1CCCCN(CC(=O)N2CCCC2)C1=O)=C(C#N)C(=O)c1cccc(C(=O)O)c1. The number of amides is 2. The molecule has 2 amide bonds. The fourth-order valence-corrected chi connectivity index (χ4v) is 5.66. The van der Waals surface area contributed by atoms with Crippen LogP contribution in [0, 0.1) is 18.3 Å². The second-order valence-electron chi connectivity index (χ2n) is 10.9. The maximum absolute atomic E-state index is 13.8. The van der Waals surface area contributed by atoms with Crippen LogP contribution in [0.3, 0.4) is 0 Å². The number of hydrogen-bond donors (Lipinski definition) is 3. The number of aryl methyl sites for hydroxylation is 1. The number of benzene rings is 1. The summed E-state index contributed by atoms with van der Waals surface area (Å²) in [5, 5.41) is 26.1. The minimum Gasteiger partial charge on any atom is -0.478 e. The van der Waals surface area contributed by atoms with Crippen molar-refractivity contribution in [1.29, 1.82) is 5.26 Å². The molecule has 0 radical (unpaired) electrons. The summed E-state index contributed by atoms with van der Waals surface area (Å²) in [5.41, 5.74) is 2.64. The summed E-state index contributed by atoms with van der Waals surface area (Å²) in [6.07, 6.45) is 6.85. The lowest BCUT2D eigenvalue weighted by molar-refractivity contribution is -0.140. The van der Waals surface area contributed by atoms with E-state index in [1.807, 2.05) is 19.1 Å². The van der Waals surface area contributed by atoms with Gasteiger partial charge in [-0.15, -0.1) is 0 Å². The highest BCUT2D eigenvalue weighted by atomic mass is 16.4. The van der Waals surface area contributed by atoms with Gasteiger partial charge in [0.05, 0.1) is 30.3 Å². The average molecular weight is 584 g/mol. The van der Waals surface area contributed by atoms with Gasteiger partial charge in [0.15, 0.2) is 0 Å². The number of fused-ring (bicyclic) bond motifs is 1. The zero-order chi connectivity index (χ0) is 30.5. The molecular formula is C32H33N5O6. The van der Waals surface area contributed by atoms with E-state index in [0.717, 1.165) is 29.5 Å². The lowest BCUT2D eigenvalue weighted by Crippen LogP contribution is -2.49. The number of carbonyl (C=O) groups excluding carboxylic acids is 3. The van der Waals surface area contributed by atoms with E-state index in [2.05, 4.69) is 10.6 Å². The number of allylic oxidation sites excluding steroid dienone is 1. The number of carboxylic acid groups (broad SMARTS) is 1. The van der Waals surface area contributed by atoms with Crippen LogP contribution in [0.2, 0.25) is 0 Å². The van der Waals surface area contributed by atoms with Crippen LogP contribution in [-0.2, 0) is 9.59 Å². The van der Waals surface area contributed by atoms with Gasteiger partial charge in [-0.2, -0.15) is 5.26 Å². The maximum atomic E-state index is 13.8. The molecule has 11 nitrogen and oxygen atoms in total. The summed E-state index contributed by atoms with van der Waals surface area (Å²) in [4.78, 5) is 55.3. The van der Waals surface area contributed by atoms with Gasteiger partial charge in [0.2, 0.25) is 17.6 Å². The Morgan fingerprint density at radius 3 is 2.56 bits per heavy atom. The molecule has 1 aromatic rings. The number of nitriles is 1. The Kier molecular flexibility index (Phi) is 8.76. The largest absolute Gasteiger partial charge is 0.478 e. The van der Waals surface area contributed by atoms with Crippen molar-refractivity contribution in [3.05, 3.63) is 77.0 Å². The molecule has 2 saturated heterocycles. The fourth-order valence-electron chi connectivity index (χ4n) is 5.66. The topological polar surface area (TPSA) is 156 Å². The van der Waals surface area contributed by atoms with E-state index in [1.165, 1.54) is 30.5 Å². The molecule has 11 heteroatoms. The van der Waals surface area contributed by atoms with Crippen LogP contribution in [0.15, 0.2) is 64.7 Å². The normalized spacial score (nSPS) is 17.7. The third-order valence-electron chi connectivity index (χ3n) is 7.95. The highest BCUT2D eigenvalue weighted by molar-refractivity contribution is 6.13. The summed E-state index contributed by atoms with van der Waals surface area (Å²) in [5.74, 6) is -2.26. The Morgan fingerprint density at radius 1 is 1.07 bits per heavy atom. The van der Waals surface area contributed by atoms with E-state index in [0.29, 0.717) is 44.6 Å². The van der Waals surface area contributed by atoms with E-state index < -0.39 is 17.8 Å². The van der Waals surface area contributed by atoms with Crippen LogP contribution in [-0.4, -0.2) is 70.7 Å². The Labute approximate surface area is 249 Å². The van der Waals surface area contributed by atoms with Gasteiger partial charge in [-0.25, -0.2) is 4.79 Å². The number of Topliss-reactive ketones (excluding diaryl/α,β-unsaturated/α-hetero) is 1. The first-order valence-corrected chi connectivity index (χ1v) is 14.3.